The van der Waals surface area contributed by atoms with Gasteiger partial charge in [-0.2, -0.15) is 13.2 Å². The normalized spacial score (nSPS) is 16.9. The topological polar surface area (TPSA) is 75.4 Å². The van der Waals surface area contributed by atoms with Gasteiger partial charge in [-0.15, -0.1) is 12.4 Å². The fourth-order valence-corrected chi connectivity index (χ4v) is 2.75. The minimum Gasteiger partial charge on any atom is -0.345 e. The number of anilines is 1. The van der Waals surface area contributed by atoms with Crippen LogP contribution in [0.1, 0.15) is 49.5 Å². The first kappa shape index (κ1) is 23.2. The van der Waals surface area contributed by atoms with Crippen LogP contribution in [0.15, 0.2) is 18.2 Å². The number of amides is 2. The monoisotopic (exact) mass is 407 g/mol. The van der Waals surface area contributed by atoms with Crippen LogP contribution in [0.2, 0.25) is 0 Å². The molecule has 0 aliphatic carbocycles. The van der Waals surface area contributed by atoms with Gasteiger partial charge in [0.1, 0.15) is 0 Å². The second kappa shape index (κ2) is 8.48. The van der Waals surface area contributed by atoms with Crippen molar-refractivity contribution in [2.24, 2.45) is 11.7 Å². The minimum atomic E-state index is -4.62. The fraction of sp³-hybridized carbons (Fsp3) is 0.556. The lowest BCUT2D eigenvalue weighted by molar-refractivity contribution is -0.137. The summed E-state index contributed by atoms with van der Waals surface area (Å²) in [5.41, 5.74) is 3.96. The largest absolute Gasteiger partial charge is 0.416 e. The van der Waals surface area contributed by atoms with Gasteiger partial charge >= 0.3 is 6.18 Å². The molecule has 1 aliphatic heterocycles. The van der Waals surface area contributed by atoms with Gasteiger partial charge < -0.3 is 16.0 Å². The van der Waals surface area contributed by atoms with Crippen LogP contribution in [0.5, 0.6) is 0 Å². The number of alkyl halides is 3. The van der Waals surface area contributed by atoms with Crippen LogP contribution < -0.4 is 16.0 Å². The molecule has 5 nitrogen and oxygen atoms in total. The Kier molecular flexibility index (Phi) is 7.30. The van der Waals surface area contributed by atoms with E-state index in [2.05, 4.69) is 5.32 Å². The van der Waals surface area contributed by atoms with E-state index in [-0.39, 0.29) is 48.4 Å². The average molecular weight is 408 g/mol. The maximum atomic E-state index is 13.3. The average Bonchev–Trinajstić information content (AvgIpc) is 2.99. The Labute approximate surface area is 162 Å². The third-order valence-electron chi connectivity index (χ3n) is 4.99. The summed E-state index contributed by atoms with van der Waals surface area (Å²) in [4.78, 5) is 25.8. The van der Waals surface area contributed by atoms with Gasteiger partial charge in [-0.05, 0) is 37.5 Å². The van der Waals surface area contributed by atoms with E-state index < -0.39 is 23.2 Å². The van der Waals surface area contributed by atoms with Gasteiger partial charge in [-0.25, -0.2) is 0 Å². The summed E-state index contributed by atoms with van der Waals surface area (Å²) in [7, 11) is 0. The van der Waals surface area contributed by atoms with Crippen LogP contribution in [0.4, 0.5) is 18.9 Å². The predicted octanol–water partition coefficient (Wildman–Crippen LogP) is 3.36. The van der Waals surface area contributed by atoms with Crippen molar-refractivity contribution in [3.63, 3.8) is 0 Å². The van der Waals surface area contributed by atoms with Gasteiger partial charge in [0.05, 0.1) is 11.1 Å². The Morgan fingerprint density at radius 1 is 1.30 bits per heavy atom. The van der Waals surface area contributed by atoms with Crippen molar-refractivity contribution >= 4 is 29.9 Å². The lowest BCUT2D eigenvalue weighted by Gasteiger charge is -2.33. The van der Waals surface area contributed by atoms with Crippen molar-refractivity contribution in [3.8, 4) is 0 Å². The minimum absolute atomic E-state index is 0. The second-order valence-corrected chi connectivity index (χ2v) is 7.15. The Morgan fingerprint density at radius 2 is 1.93 bits per heavy atom. The highest BCUT2D eigenvalue weighted by molar-refractivity contribution is 5.99. The van der Waals surface area contributed by atoms with Crippen molar-refractivity contribution in [3.05, 3.63) is 29.3 Å². The van der Waals surface area contributed by atoms with Crippen LogP contribution >= 0.6 is 12.4 Å². The summed E-state index contributed by atoms with van der Waals surface area (Å²) in [5.74, 6) is -0.905. The molecule has 1 unspecified atom stereocenters. The molecule has 0 aromatic heterocycles. The molecular formula is C18H25ClF3N3O2. The van der Waals surface area contributed by atoms with E-state index in [0.717, 1.165) is 12.1 Å². The molecule has 1 atom stereocenters. The Bertz CT molecular complexity index is 710. The molecule has 0 spiro atoms. The highest BCUT2D eigenvalue weighted by Crippen LogP contribution is 2.34. The molecule has 3 N–H and O–H groups in total. The standard InChI is InChI=1S/C18H24F3N3O2.ClH/c1-11(2)17(3,10-22)23-16(26)12-7-13(18(19,20)21)9-14(8-12)24-6-4-5-15(24)25;/h7-9,11H,4-6,10,22H2,1-3H3,(H,23,26);1H. The molecule has 0 saturated carbocycles. The third kappa shape index (κ3) is 5.13. The summed E-state index contributed by atoms with van der Waals surface area (Å²) in [6.07, 6.45) is -3.76. The molecule has 1 fully saturated rings. The molecule has 1 aromatic rings. The molecule has 1 aliphatic rings. The molecular weight excluding hydrogens is 383 g/mol. The lowest BCUT2D eigenvalue weighted by Crippen LogP contribution is -2.55. The SMILES string of the molecule is CC(C)C(C)(CN)NC(=O)c1cc(N2CCCC2=O)cc(C(F)(F)F)c1.Cl. The maximum absolute atomic E-state index is 13.3. The number of halogens is 4. The molecule has 2 rings (SSSR count). The van der Waals surface area contributed by atoms with Crippen molar-refractivity contribution < 1.29 is 22.8 Å². The van der Waals surface area contributed by atoms with Crippen LogP contribution in [0, 0.1) is 5.92 Å². The molecule has 152 valence electrons. The zero-order chi connectivity index (χ0) is 19.7. The number of hydrogen-bond acceptors (Lipinski definition) is 3. The summed E-state index contributed by atoms with van der Waals surface area (Å²) in [6, 6.07) is 3.03. The van der Waals surface area contributed by atoms with E-state index in [9.17, 15) is 22.8 Å². The quantitative estimate of drug-likeness (QED) is 0.785. The van der Waals surface area contributed by atoms with Gasteiger partial charge in [-0.1, -0.05) is 13.8 Å². The summed E-state index contributed by atoms with van der Waals surface area (Å²) in [6.45, 7) is 5.97. The first-order valence-electron chi connectivity index (χ1n) is 8.53. The molecule has 9 heteroatoms. The zero-order valence-electron chi connectivity index (χ0n) is 15.5. The number of benzene rings is 1. The van der Waals surface area contributed by atoms with E-state index in [1.54, 1.807) is 6.92 Å². The van der Waals surface area contributed by atoms with Crippen molar-refractivity contribution in [1.82, 2.24) is 5.32 Å². The van der Waals surface area contributed by atoms with E-state index in [1.165, 1.54) is 11.0 Å². The molecule has 0 radical (unpaired) electrons. The molecule has 1 heterocycles. The molecule has 1 saturated heterocycles. The maximum Gasteiger partial charge on any atom is 0.416 e. The number of carbonyl (C=O) groups is 2. The Morgan fingerprint density at radius 3 is 2.37 bits per heavy atom. The first-order valence-corrected chi connectivity index (χ1v) is 8.53. The van der Waals surface area contributed by atoms with Crippen molar-refractivity contribution in [2.45, 2.75) is 45.3 Å². The molecule has 27 heavy (non-hydrogen) atoms. The van der Waals surface area contributed by atoms with Crippen LogP contribution in [-0.4, -0.2) is 30.4 Å². The number of nitrogens with zero attached hydrogens (tertiary/aromatic N) is 1. The highest BCUT2D eigenvalue weighted by Gasteiger charge is 2.35. The van der Waals surface area contributed by atoms with E-state index >= 15 is 0 Å². The number of rotatable bonds is 5. The lowest BCUT2D eigenvalue weighted by atomic mass is 9.88. The fourth-order valence-electron chi connectivity index (χ4n) is 2.75. The Balaban J connectivity index is 0.00000364. The number of carbonyl (C=O) groups excluding carboxylic acids is 2. The number of hydrogen-bond donors (Lipinski definition) is 2. The third-order valence-corrected chi connectivity index (χ3v) is 4.99. The molecule has 1 aromatic carbocycles. The van der Waals surface area contributed by atoms with Gasteiger partial charge in [0, 0.05) is 30.8 Å². The van der Waals surface area contributed by atoms with E-state index in [0.29, 0.717) is 13.0 Å². The van der Waals surface area contributed by atoms with Crippen molar-refractivity contribution in [2.75, 3.05) is 18.0 Å². The van der Waals surface area contributed by atoms with Gasteiger partial charge in [0.25, 0.3) is 5.91 Å². The summed E-state index contributed by atoms with van der Waals surface area (Å²) < 4.78 is 39.8. The van der Waals surface area contributed by atoms with Crippen LogP contribution in [-0.2, 0) is 11.0 Å². The highest BCUT2D eigenvalue weighted by atomic mass is 35.5. The number of nitrogens with two attached hydrogens (primary N) is 1. The zero-order valence-corrected chi connectivity index (χ0v) is 16.3. The van der Waals surface area contributed by atoms with Gasteiger partial charge in [-0.3, -0.25) is 9.59 Å². The van der Waals surface area contributed by atoms with Gasteiger partial charge in [0.2, 0.25) is 5.91 Å². The predicted molar refractivity (Wildman–Crippen MR) is 100 cm³/mol. The van der Waals surface area contributed by atoms with Crippen LogP contribution in [0.3, 0.4) is 0 Å². The van der Waals surface area contributed by atoms with Crippen molar-refractivity contribution in [1.29, 1.82) is 0 Å². The van der Waals surface area contributed by atoms with E-state index in [1.807, 2.05) is 13.8 Å². The van der Waals surface area contributed by atoms with Gasteiger partial charge in [0.15, 0.2) is 0 Å². The summed E-state index contributed by atoms with van der Waals surface area (Å²) >= 11 is 0. The first-order chi connectivity index (χ1) is 12.0. The molecule has 2 amide bonds. The second-order valence-electron chi connectivity index (χ2n) is 7.15. The number of nitrogens with one attached hydrogen (secondary N) is 1. The van der Waals surface area contributed by atoms with Crippen LogP contribution in [0.25, 0.3) is 0 Å². The Hall–Kier alpha value is -1.80. The summed E-state index contributed by atoms with van der Waals surface area (Å²) in [5, 5.41) is 2.73. The van der Waals surface area contributed by atoms with E-state index in [4.69, 9.17) is 5.73 Å². The molecule has 0 bridgehead atoms. The smallest absolute Gasteiger partial charge is 0.345 e.